The molecular weight excluding hydrogens is 190 g/mol. The van der Waals surface area contributed by atoms with E-state index in [-0.39, 0.29) is 0 Å². The lowest BCUT2D eigenvalue weighted by atomic mass is 10.2. The number of nitrogens with one attached hydrogen (secondary N) is 1. The third-order valence-corrected chi connectivity index (χ3v) is 1.96. The van der Waals surface area contributed by atoms with E-state index in [1.54, 1.807) is 6.92 Å². The Kier molecular flexibility index (Phi) is 3.92. The summed E-state index contributed by atoms with van der Waals surface area (Å²) in [6.45, 7) is 4.36. The first kappa shape index (κ1) is 11.3. The largest absolute Gasteiger partial charge is 0.478 e. The van der Waals surface area contributed by atoms with Crippen molar-refractivity contribution in [2.24, 2.45) is 0 Å². The minimum absolute atomic E-state index is 0.551. The fourth-order valence-corrected chi connectivity index (χ4v) is 1.26. The number of hydrogen-bond acceptors (Lipinski definition) is 2. The van der Waals surface area contributed by atoms with Crippen molar-refractivity contribution in [3.8, 4) is 0 Å². The van der Waals surface area contributed by atoms with E-state index in [0.717, 1.165) is 11.3 Å². The van der Waals surface area contributed by atoms with Gasteiger partial charge in [-0.2, -0.15) is 0 Å². The summed E-state index contributed by atoms with van der Waals surface area (Å²) in [4.78, 5) is 10.4. The van der Waals surface area contributed by atoms with Gasteiger partial charge in [-0.05, 0) is 37.1 Å². The maximum absolute atomic E-state index is 10.4. The normalized spacial score (nSPS) is 11.2. The maximum Gasteiger partial charge on any atom is 0.328 e. The number of anilines is 1. The van der Waals surface area contributed by atoms with Crippen LogP contribution in [-0.4, -0.2) is 17.6 Å². The highest BCUT2D eigenvalue weighted by atomic mass is 16.4. The second-order valence-corrected chi connectivity index (χ2v) is 3.55. The highest BCUT2D eigenvalue weighted by molar-refractivity contribution is 5.80. The molecule has 0 aliphatic rings. The predicted octanol–water partition coefficient (Wildman–Crippen LogP) is 2.44. The van der Waals surface area contributed by atoms with Crippen molar-refractivity contribution in [1.82, 2.24) is 0 Å². The number of benzene rings is 1. The van der Waals surface area contributed by atoms with Gasteiger partial charge in [0.25, 0.3) is 0 Å². The molecule has 0 amide bonds. The van der Waals surface area contributed by atoms with Crippen LogP contribution in [0.2, 0.25) is 0 Å². The number of aliphatic carboxylic acids is 1. The number of carboxylic acids is 1. The molecule has 1 rings (SSSR count). The first-order valence-corrected chi connectivity index (χ1v) is 4.78. The zero-order valence-corrected chi connectivity index (χ0v) is 8.95. The number of rotatable bonds is 4. The highest BCUT2D eigenvalue weighted by Gasteiger charge is 1.95. The Bertz CT molecular complexity index is 383. The monoisotopic (exact) mass is 205 g/mol. The van der Waals surface area contributed by atoms with Gasteiger partial charge >= 0.3 is 5.97 Å². The molecule has 0 fully saturated rings. The summed E-state index contributed by atoms with van der Waals surface area (Å²) in [5.41, 5.74) is 2.98. The van der Waals surface area contributed by atoms with E-state index in [1.165, 1.54) is 11.6 Å². The van der Waals surface area contributed by atoms with Crippen LogP contribution >= 0.6 is 0 Å². The summed E-state index contributed by atoms with van der Waals surface area (Å²) in [5.74, 6) is -0.904. The number of carbonyl (C=O) groups is 1. The van der Waals surface area contributed by atoms with Gasteiger partial charge in [-0.1, -0.05) is 12.1 Å². The molecule has 80 valence electrons. The molecule has 0 bridgehead atoms. The summed E-state index contributed by atoms with van der Waals surface area (Å²) in [6, 6.07) is 7.97. The summed E-state index contributed by atoms with van der Waals surface area (Å²) >= 11 is 0. The van der Waals surface area contributed by atoms with Gasteiger partial charge in [0.05, 0.1) is 0 Å². The van der Waals surface area contributed by atoms with Crippen LogP contribution < -0.4 is 5.32 Å². The Morgan fingerprint density at radius 3 is 2.87 bits per heavy atom. The third-order valence-electron chi connectivity index (χ3n) is 1.96. The van der Waals surface area contributed by atoms with Crippen molar-refractivity contribution < 1.29 is 9.90 Å². The second kappa shape index (κ2) is 5.20. The van der Waals surface area contributed by atoms with E-state index < -0.39 is 5.97 Å². The van der Waals surface area contributed by atoms with Gasteiger partial charge in [-0.3, -0.25) is 0 Å². The van der Waals surface area contributed by atoms with Crippen molar-refractivity contribution in [2.75, 3.05) is 11.9 Å². The van der Waals surface area contributed by atoms with E-state index in [2.05, 4.69) is 5.32 Å². The van der Waals surface area contributed by atoms with Gasteiger partial charge in [0, 0.05) is 18.3 Å². The molecule has 2 N–H and O–H groups in total. The molecule has 1 aromatic carbocycles. The summed E-state index contributed by atoms with van der Waals surface area (Å²) in [7, 11) is 0. The molecule has 3 heteroatoms. The van der Waals surface area contributed by atoms with Crippen molar-refractivity contribution in [1.29, 1.82) is 0 Å². The summed E-state index contributed by atoms with van der Waals surface area (Å²) in [5, 5.41) is 11.7. The molecule has 0 aliphatic heterocycles. The first-order valence-electron chi connectivity index (χ1n) is 4.78. The van der Waals surface area contributed by atoms with Crippen molar-refractivity contribution in [3.63, 3.8) is 0 Å². The lowest BCUT2D eigenvalue weighted by Gasteiger charge is -2.06. The van der Waals surface area contributed by atoms with Gasteiger partial charge in [0.1, 0.15) is 0 Å². The van der Waals surface area contributed by atoms with Crippen LogP contribution in [0.25, 0.3) is 0 Å². The van der Waals surface area contributed by atoms with Gasteiger partial charge in [0.2, 0.25) is 0 Å². The third kappa shape index (κ3) is 4.31. The molecule has 1 aromatic rings. The van der Waals surface area contributed by atoms with E-state index in [1.807, 2.05) is 31.2 Å². The zero-order valence-electron chi connectivity index (χ0n) is 8.95. The van der Waals surface area contributed by atoms with Crippen LogP contribution in [0, 0.1) is 6.92 Å². The topological polar surface area (TPSA) is 49.3 Å². The molecule has 0 spiro atoms. The van der Waals surface area contributed by atoms with E-state index >= 15 is 0 Å². The second-order valence-electron chi connectivity index (χ2n) is 3.55. The standard InChI is InChI=1S/C12H15NO2/c1-9-4-3-5-11(6-9)13-8-10(2)7-12(14)15/h3-7,13H,8H2,1-2H3,(H,14,15)/b10-7-. The number of hydrogen-bond donors (Lipinski definition) is 2. The Labute approximate surface area is 89.4 Å². The summed E-state index contributed by atoms with van der Waals surface area (Å²) in [6.07, 6.45) is 1.21. The predicted molar refractivity (Wildman–Crippen MR) is 61.1 cm³/mol. The molecule has 0 heterocycles. The van der Waals surface area contributed by atoms with Gasteiger partial charge in [-0.25, -0.2) is 4.79 Å². The Morgan fingerprint density at radius 1 is 1.53 bits per heavy atom. The fourth-order valence-electron chi connectivity index (χ4n) is 1.26. The Morgan fingerprint density at radius 2 is 2.27 bits per heavy atom. The van der Waals surface area contributed by atoms with Crippen LogP contribution in [0.1, 0.15) is 12.5 Å². The van der Waals surface area contributed by atoms with Gasteiger partial charge in [0.15, 0.2) is 0 Å². The fraction of sp³-hybridized carbons (Fsp3) is 0.250. The van der Waals surface area contributed by atoms with Gasteiger partial charge in [-0.15, -0.1) is 0 Å². The molecule has 0 radical (unpaired) electrons. The Balaban J connectivity index is 2.54. The molecule has 15 heavy (non-hydrogen) atoms. The van der Waals surface area contributed by atoms with Crippen molar-refractivity contribution in [3.05, 3.63) is 41.5 Å². The SMILES string of the molecule is C/C(=C/C(=O)O)CNc1cccc(C)c1. The van der Waals surface area contributed by atoms with Crippen molar-refractivity contribution in [2.45, 2.75) is 13.8 Å². The van der Waals surface area contributed by atoms with Crippen LogP contribution in [0.15, 0.2) is 35.9 Å². The van der Waals surface area contributed by atoms with Gasteiger partial charge < -0.3 is 10.4 Å². The van der Waals surface area contributed by atoms with Crippen LogP contribution in [0.5, 0.6) is 0 Å². The first-order chi connectivity index (χ1) is 7.08. The van der Waals surface area contributed by atoms with Crippen LogP contribution in [0.3, 0.4) is 0 Å². The lowest BCUT2D eigenvalue weighted by molar-refractivity contribution is -0.131. The van der Waals surface area contributed by atoms with E-state index in [4.69, 9.17) is 5.11 Å². The molecule has 0 atom stereocenters. The van der Waals surface area contributed by atoms with Crippen LogP contribution in [0.4, 0.5) is 5.69 Å². The molecule has 3 nitrogen and oxygen atoms in total. The number of carboxylic acid groups (broad SMARTS) is 1. The molecule has 0 aromatic heterocycles. The highest BCUT2D eigenvalue weighted by Crippen LogP contribution is 2.09. The van der Waals surface area contributed by atoms with E-state index in [0.29, 0.717) is 6.54 Å². The molecule has 0 saturated heterocycles. The quantitative estimate of drug-likeness (QED) is 0.742. The molecule has 0 unspecified atom stereocenters. The zero-order chi connectivity index (χ0) is 11.3. The maximum atomic E-state index is 10.4. The minimum atomic E-state index is -0.904. The molecule has 0 aliphatic carbocycles. The molecular formula is C12H15NO2. The lowest BCUT2D eigenvalue weighted by Crippen LogP contribution is -2.04. The van der Waals surface area contributed by atoms with Crippen LogP contribution in [-0.2, 0) is 4.79 Å². The minimum Gasteiger partial charge on any atom is -0.478 e. The Hall–Kier alpha value is -1.77. The smallest absolute Gasteiger partial charge is 0.328 e. The van der Waals surface area contributed by atoms with E-state index in [9.17, 15) is 4.79 Å². The van der Waals surface area contributed by atoms with Crippen molar-refractivity contribution >= 4 is 11.7 Å². The average molecular weight is 205 g/mol. The average Bonchev–Trinajstić information content (AvgIpc) is 2.14. The molecule has 0 saturated carbocycles. The summed E-state index contributed by atoms with van der Waals surface area (Å²) < 4.78 is 0. The number of aryl methyl sites for hydroxylation is 1.